The van der Waals surface area contributed by atoms with Crippen LogP contribution in [-0.4, -0.2) is 34.2 Å². The van der Waals surface area contributed by atoms with E-state index in [4.69, 9.17) is 20.9 Å². The molecular weight excluding hydrogens is 340 g/mol. The first-order valence-electron chi connectivity index (χ1n) is 7.92. The van der Waals surface area contributed by atoms with E-state index in [2.05, 4.69) is 15.3 Å². The van der Waals surface area contributed by atoms with E-state index in [1.165, 1.54) is 18.6 Å². The Morgan fingerprint density at radius 3 is 2.44 bits per heavy atom. The summed E-state index contributed by atoms with van der Waals surface area (Å²) in [6, 6.07) is 6.81. The van der Waals surface area contributed by atoms with Crippen molar-refractivity contribution in [2.24, 2.45) is 0 Å². The van der Waals surface area contributed by atoms with Crippen molar-refractivity contribution in [1.29, 1.82) is 0 Å². The second-order valence-corrected chi connectivity index (χ2v) is 7.28. The van der Waals surface area contributed by atoms with Crippen LogP contribution >= 0.6 is 11.6 Å². The largest absolute Gasteiger partial charge is 0.494 e. The number of amides is 1. The third-order valence-corrected chi connectivity index (χ3v) is 4.91. The number of benzene rings is 1. The first kappa shape index (κ1) is 17.9. The molecule has 1 aliphatic heterocycles. The first-order valence-corrected chi connectivity index (χ1v) is 8.30. The molecule has 0 radical (unpaired) electrons. The number of carbonyl (C=O) groups is 1. The number of hydrogen-bond acceptors (Lipinski definition) is 5. The maximum Gasteiger partial charge on any atom is 0.494 e. The minimum Gasteiger partial charge on any atom is -0.399 e. The second-order valence-electron chi connectivity index (χ2n) is 6.88. The fraction of sp³-hybridized carbons (Fsp3) is 0.353. The summed E-state index contributed by atoms with van der Waals surface area (Å²) >= 11 is 6.22. The lowest BCUT2D eigenvalue weighted by molar-refractivity contribution is 0.00578. The predicted molar refractivity (Wildman–Crippen MR) is 97.2 cm³/mol. The average Bonchev–Trinajstić information content (AvgIpc) is 2.78. The highest BCUT2D eigenvalue weighted by Crippen LogP contribution is 2.36. The molecule has 130 valence electrons. The number of carbonyl (C=O) groups excluding carboxylic acids is 1. The van der Waals surface area contributed by atoms with Crippen molar-refractivity contribution in [3.05, 3.63) is 47.5 Å². The molecule has 1 fully saturated rings. The third-order valence-electron chi connectivity index (χ3n) is 4.58. The Balaban J connectivity index is 1.83. The number of halogens is 1. The quantitative estimate of drug-likeness (QED) is 0.853. The molecule has 0 aliphatic carbocycles. The van der Waals surface area contributed by atoms with Gasteiger partial charge in [-0.15, -0.1) is 0 Å². The van der Waals surface area contributed by atoms with Crippen molar-refractivity contribution in [2.75, 3.05) is 5.32 Å². The van der Waals surface area contributed by atoms with Gasteiger partial charge in [-0.25, -0.2) is 9.97 Å². The smallest absolute Gasteiger partial charge is 0.399 e. The van der Waals surface area contributed by atoms with Gasteiger partial charge in [0, 0.05) is 6.20 Å². The monoisotopic (exact) mass is 359 g/mol. The highest BCUT2D eigenvalue weighted by atomic mass is 35.5. The van der Waals surface area contributed by atoms with E-state index in [0.29, 0.717) is 10.7 Å². The molecule has 0 bridgehead atoms. The van der Waals surface area contributed by atoms with E-state index in [1.807, 2.05) is 33.8 Å². The molecule has 1 saturated heterocycles. The molecule has 1 aromatic carbocycles. The zero-order valence-corrected chi connectivity index (χ0v) is 15.3. The van der Waals surface area contributed by atoms with Gasteiger partial charge < -0.3 is 14.6 Å². The standard InChI is InChI=1S/C17H19BClN3O3/c1-16(2)17(3,4)25-18(24-16)11-5-6-12(19)14(9-11)22-15(23)13-7-8-20-10-21-13/h5-10H,1-4H3,(H,22,23). The molecule has 1 amide bonds. The lowest BCUT2D eigenvalue weighted by atomic mass is 9.79. The van der Waals surface area contributed by atoms with Crippen LogP contribution in [0.2, 0.25) is 5.02 Å². The molecule has 25 heavy (non-hydrogen) atoms. The van der Waals surface area contributed by atoms with Crippen molar-refractivity contribution in [3.8, 4) is 0 Å². The number of aromatic nitrogens is 2. The SMILES string of the molecule is CC1(C)OB(c2ccc(Cl)c(NC(=O)c3ccncn3)c2)OC1(C)C. The van der Waals surface area contributed by atoms with Crippen molar-refractivity contribution >= 4 is 35.8 Å². The predicted octanol–water partition coefficient (Wildman–Crippen LogP) is 2.68. The van der Waals surface area contributed by atoms with E-state index >= 15 is 0 Å². The zero-order valence-electron chi connectivity index (χ0n) is 14.5. The molecule has 0 atom stereocenters. The van der Waals surface area contributed by atoms with Crippen LogP contribution in [-0.2, 0) is 9.31 Å². The molecule has 8 heteroatoms. The fourth-order valence-electron chi connectivity index (χ4n) is 2.38. The molecule has 0 unspecified atom stereocenters. The van der Waals surface area contributed by atoms with Crippen molar-refractivity contribution in [3.63, 3.8) is 0 Å². The summed E-state index contributed by atoms with van der Waals surface area (Å²) in [7, 11) is -0.531. The van der Waals surface area contributed by atoms with Crippen LogP contribution < -0.4 is 10.8 Å². The number of nitrogens with zero attached hydrogens (tertiary/aromatic N) is 2. The van der Waals surface area contributed by atoms with Crippen LogP contribution in [0, 0.1) is 0 Å². The Bertz CT molecular complexity index is 783. The minimum absolute atomic E-state index is 0.257. The second kappa shape index (κ2) is 6.40. The number of hydrogen-bond donors (Lipinski definition) is 1. The van der Waals surface area contributed by atoms with Gasteiger partial charge in [0.2, 0.25) is 0 Å². The van der Waals surface area contributed by atoms with E-state index in [1.54, 1.807) is 12.1 Å². The van der Waals surface area contributed by atoms with Crippen molar-refractivity contribution in [1.82, 2.24) is 9.97 Å². The summed E-state index contributed by atoms with van der Waals surface area (Å²) in [6.07, 6.45) is 2.82. The summed E-state index contributed by atoms with van der Waals surface area (Å²) in [6.45, 7) is 7.95. The number of anilines is 1. The highest BCUT2D eigenvalue weighted by molar-refractivity contribution is 6.62. The minimum atomic E-state index is -0.531. The first-order chi connectivity index (χ1) is 11.7. The number of nitrogens with one attached hydrogen (secondary N) is 1. The molecule has 0 spiro atoms. The Morgan fingerprint density at radius 1 is 1.16 bits per heavy atom. The van der Waals surface area contributed by atoms with Gasteiger partial charge in [-0.3, -0.25) is 4.79 Å². The van der Waals surface area contributed by atoms with Crippen LogP contribution in [0.15, 0.2) is 36.8 Å². The van der Waals surface area contributed by atoms with Crippen molar-refractivity contribution in [2.45, 2.75) is 38.9 Å². The normalized spacial score (nSPS) is 18.2. The molecule has 0 saturated carbocycles. The molecule has 2 heterocycles. The molecule has 1 aliphatic rings. The Kier molecular flexibility index (Phi) is 4.57. The molecule has 1 N–H and O–H groups in total. The van der Waals surface area contributed by atoms with E-state index in [9.17, 15) is 4.79 Å². The summed E-state index contributed by atoms with van der Waals surface area (Å²) in [5.41, 5.74) is 0.620. The molecule has 6 nitrogen and oxygen atoms in total. The molecular formula is C17H19BClN3O3. The highest BCUT2D eigenvalue weighted by Gasteiger charge is 2.51. The van der Waals surface area contributed by atoms with E-state index in [0.717, 1.165) is 5.46 Å². The summed E-state index contributed by atoms with van der Waals surface area (Å²) in [5.74, 6) is -0.365. The Labute approximate surface area is 152 Å². The fourth-order valence-corrected chi connectivity index (χ4v) is 2.54. The average molecular weight is 360 g/mol. The van der Waals surface area contributed by atoms with Gasteiger partial charge in [-0.1, -0.05) is 17.7 Å². The number of rotatable bonds is 3. The van der Waals surface area contributed by atoms with Crippen LogP contribution in [0.25, 0.3) is 0 Å². The summed E-state index contributed by atoms with van der Waals surface area (Å²) < 4.78 is 12.1. The van der Waals surface area contributed by atoms with Crippen LogP contribution in [0.5, 0.6) is 0 Å². The van der Waals surface area contributed by atoms with E-state index in [-0.39, 0.29) is 11.6 Å². The Hall–Kier alpha value is -1.96. The Morgan fingerprint density at radius 2 is 1.84 bits per heavy atom. The van der Waals surface area contributed by atoms with Gasteiger partial charge in [0.15, 0.2) is 0 Å². The maximum absolute atomic E-state index is 12.3. The molecule has 1 aromatic heterocycles. The van der Waals surface area contributed by atoms with Crippen molar-refractivity contribution < 1.29 is 14.1 Å². The lowest BCUT2D eigenvalue weighted by Crippen LogP contribution is -2.41. The summed E-state index contributed by atoms with van der Waals surface area (Å²) in [4.78, 5) is 20.0. The lowest BCUT2D eigenvalue weighted by Gasteiger charge is -2.32. The van der Waals surface area contributed by atoms with Crippen LogP contribution in [0.4, 0.5) is 5.69 Å². The third kappa shape index (κ3) is 3.54. The molecule has 2 aromatic rings. The van der Waals surface area contributed by atoms with Gasteiger partial charge in [-0.2, -0.15) is 0 Å². The van der Waals surface area contributed by atoms with Crippen LogP contribution in [0.1, 0.15) is 38.2 Å². The van der Waals surface area contributed by atoms with Gasteiger partial charge in [0.25, 0.3) is 5.91 Å². The summed E-state index contributed by atoms with van der Waals surface area (Å²) in [5, 5.41) is 3.18. The maximum atomic E-state index is 12.3. The van der Waals surface area contributed by atoms with E-state index < -0.39 is 18.3 Å². The van der Waals surface area contributed by atoms with Gasteiger partial charge in [-0.05, 0) is 51.4 Å². The van der Waals surface area contributed by atoms with Gasteiger partial charge in [0.1, 0.15) is 12.0 Å². The van der Waals surface area contributed by atoms with Gasteiger partial charge >= 0.3 is 7.12 Å². The topological polar surface area (TPSA) is 73.3 Å². The zero-order chi connectivity index (χ0) is 18.2. The van der Waals surface area contributed by atoms with Crippen LogP contribution in [0.3, 0.4) is 0 Å². The molecule has 3 rings (SSSR count). The van der Waals surface area contributed by atoms with Gasteiger partial charge in [0.05, 0.1) is 21.9 Å².